The van der Waals surface area contributed by atoms with Gasteiger partial charge in [-0.1, -0.05) is 12.1 Å². The van der Waals surface area contributed by atoms with Crippen LogP contribution in [0.4, 0.5) is 4.39 Å². The quantitative estimate of drug-likeness (QED) is 0.876. The molecule has 2 atom stereocenters. The van der Waals surface area contributed by atoms with Crippen LogP contribution in [0.15, 0.2) is 34.7 Å². The van der Waals surface area contributed by atoms with Crippen LogP contribution >= 0.6 is 0 Å². The van der Waals surface area contributed by atoms with Crippen molar-refractivity contribution in [1.82, 2.24) is 5.32 Å². The number of halogens is 1. The molecular formula is C17H22FNO2. The SMILES string of the molecule is CO[C@H](C)[C@H](C)NCc1ccc(-c2cccc(F)c2C)o1. The third-order valence-corrected chi connectivity index (χ3v) is 3.87. The Bertz CT molecular complexity index is 594. The average molecular weight is 291 g/mol. The van der Waals surface area contributed by atoms with Crippen LogP contribution in [0.1, 0.15) is 25.2 Å². The number of rotatable bonds is 6. The fraction of sp³-hybridized carbons (Fsp3) is 0.412. The van der Waals surface area contributed by atoms with Crippen molar-refractivity contribution in [3.8, 4) is 11.3 Å². The van der Waals surface area contributed by atoms with E-state index in [2.05, 4.69) is 12.2 Å². The van der Waals surface area contributed by atoms with Crippen LogP contribution in [0.3, 0.4) is 0 Å². The van der Waals surface area contributed by atoms with Gasteiger partial charge in [-0.05, 0) is 44.5 Å². The predicted molar refractivity (Wildman–Crippen MR) is 81.6 cm³/mol. The Morgan fingerprint density at radius 3 is 2.71 bits per heavy atom. The molecule has 0 saturated carbocycles. The van der Waals surface area contributed by atoms with Gasteiger partial charge >= 0.3 is 0 Å². The molecule has 0 saturated heterocycles. The standard InChI is InChI=1S/C17H22FNO2/c1-11-15(6-5-7-16(11)18)17-9-8-14(21-17)10-19-12(2)13(3)20-4/h5-9,12-13,19H,10H2,1-4H3/t12-,13+/m0/s1. The van der Waals surface area contributed by atoms with E-state index in [1.54, 1.807) is 20.1 Å². The molecule has 21 heavy (non-hydrogen) atoms. The molecule has 2 aromatic rings. The average Bonchev–Trinajstić information content (AvgIpc) is 2.95. The minimum atomic E-state index is -0.217. The van der Waals surface area contributed by atoms with Gasteiger partial charge in [0.2, 0.25) is 0 Å². The van der Waals surface area contributed by atoms with Crippen LogP contribution in [0, 0.1) is 12.7 Å². The largest absolute Gasteiger partial charge is 0.460 e. The zero-order chi connectivity index (χ0) is 15.4. The number of methoxy groups -OCH3 is 1. The van der Waals surface area contributed by atoms with E-state index in [9.17, 15) is 4.39 Å². The van der Waals surface area contributed by atoms with Crippen LogP contribution in [0.25, 0.3) is 11.3 Å². The lowest BCUT2D eigenvalue weighted by molar-refractivity contribution is 0.0876. The van der Waals surface area contributed by atoms with Crippen molar-refractivity contribution in [1.29, 1.82) is 0 Å². The summed E-state index contributed by atoms with van der Waals surface area (Å²) in [4.78, 5) is 0. The van der Waals surface area contributed by atoms with Gasteiger partial charge in [-0.25, -0.2) is 4.39 Å². The highest BCUT2D eigenvalue weighted by Crippen LogP contribution is 2.26. The summed E-state index contributed by atoms with van der Waals surface area (Å²) in [5, 5.41) is 3.35. The lowest BCUT2D eigenvalue weighted by Crippen LogP contribution is -2.36. The number of hydrogen-bond acceptors (Lipinski definition) is 3. The number of hydrogen-bond donors (Lipinski definition) is 1. The zero-order valence-corrected chi connectivity index (χ0v) is 12.9. The van der Waals surface area contributed by atoms with E-state index in [0.717, 1.165) is 11.3 Å². The molecule has 0 aliphatic heterocycles. The second-order valence-electron chi connectivity index (χ2n) is 5.29. The minimum Gasteiger partial charge on any atom is -0.460 e. The van der Waals surface area contributed by atoms with Gasteiger partial charge in [0.25, 0.3) is 0 Å². The summed E-state index contributed by atoms with van der Waals surface area (Å²) < 4.78 is 24.7. The third kappa shape index (κ3) is 3.71. The minimum absolute atomic E-state index is 0.130. The van der Waals surface area contributed by atoms with Crippen molar-refractivity contribution in [2.24, 2.45) is 0 Å². The summed E-state index contributed by atoms with van der Waals surface area (Å²) in [6.07, 6.45) is 0.130. The van der Waals surface area contributed by atoms with Gasteiger partial charge in [0.1, 0.15) is 17.3 Å². The molecule has 1 heterocycles. The zero-order valence-electron chi connectivity index (χ0n) is 12.9. The Morgan fingerprint density at radius 2 is 2.00 bits per heavy atom. The Balaban J connectivity index is 2.06. The number of ether oxygens (including phenoxy) is 1. The van der Waals surface area contributed by atoms with Crippen molar-refractivity contribution in [3.05, 3.63) is 47.5 Å². The molecule has 0 spiro atoms. The highest BCUT2D eigenvalue weighted by atomic mass is 19.1. The second kappa shape index (κ2) is 6.87. The monoisotopic (exact) mass is 291 g/mol. The molecule has 0 unspecified atom stereocenters. The van der Waals surface area contributed by atoms with E-state index in [1.807, 2.05) is 25.1 Å². The Morgan fingerprint density at radius 1 is 1.24 bits per heavy atom. The van der Waals surface area contributed by atoms with Crippen LogP contribution in [0.5, 0.6) is 0 Å². The van der Waals surface area contributed by atoms with Gasteiger partial charge in [-0.3, -0.25) is 0 Å². The van der Waals surface area contributed by atoms with E-state index < -0.39 is 0 Å². The van der Waals surface area contributed by atoms with Crippen molar-refractivity contribution in [3.63, 3.8) is 0 Å². The maximum atomic E-state index is 13.6. The lowest BCUT2D eigenvalue weighted by Gasteiger charge is -2.19. The number of nitrogens with one attached hydrogen (secondary N) is 1. The molecule has 3 nitrogen and oxygen atoms in total. The Kier molecular flexibility index (Phi) is 5.15. The molecule has 0 bridgehead atoms. The van der Waals surface area contributed by atoms with Gasteiger partial charge in [-0.2, -0.15) is 0 Å². The molecule has 2 rings (SSSR count). The Hall–Kier alpha value is -1.65. The highest BCUT2D eigenvalue weighted by molar-refractivity contribution is 5.62. The normalized spacial score (nSPS) is 14.1. The van der Waals surface area contributed by atoms with Gasteiger partial charge in [0.05, 0.1) is 12.6 Å². The first kappa shape index (κ1) is 15.7. The van der Waals surface area contributed by atoms with E-state index in [1.165, 1.54) is 6.07 Å². The van der Waals surface area contributed by atoms with Crippen molar-refractivity contribution in [2.45, 2.75) is 39.5 Å². The summed E-state index contributed by atoms with van der Waals surface area (Å²) in [5.74, 6) is 1.30. The summed E-state index contributed by atoms with van der Waals surface area (Å²) >= 11 is 0. The molecule has 0 radical (unpaired) electrons. The van der Waals surface area contributed by atoms with Gasteiger partial charge in [-0.15, -0.1) is 0 Å². The molecule has 4 heteroatoms. The lowest BCUT2D eigenvalue weighted by atomic mass is 10.1. The fourth-order valence-electron chi connectivity index (χ4n) is 2.12. The molecule has 114 valence electrons. The molecule has 1 aromatic heterocycles. The molecular weight excluding hydrogens is 269 g/mol. The van der Waals surface area contributed by atoms with Crippen LogP contribution in [0.2, 0.25) is 0 Å². The topological polar surface area (TPSA) is 34.4 Å². The first-order valence-electron chi connectivity index (χ1n) is 7.13. The maximum absolute atomic E-state index is 13.6. The van der Waals surface area contributed by atoms with Gasteiger partial charge in [0, 0.05) is 18.7 Å². The van der Waals surface area contributed by atoms with E-state index in [-0.39, 0.29) is 18.0 Å². The molecule has 0 aliphatic carbocycles. The molecule has 0 aliphatic rings. The van der Waals surface area contributed by atoms with E-state index >= 15 is 0 Å². The third-order valence-electron chi connectivity index (χ3n) is 3.87. The molecule has 1 N–H and O–H groups in total. The predicted octanol–water partition coefficient (Wildman–Crippen LogP) is 3.91. The smallest absolute Gasteiger partial charge is 0.134 e. The van der Waals surface area contributed by atoms with Crippen molar-refractivity contribution >= 4 is 0 Å². The second-order valence-corrected chi connectivity index (χ2v) is 5.29. The van der Waals surface area contributed by atoms with Gasteiger partial charge < -0.3 is 14.5 Å². The molecule has 0 amide bonds. The summed E-state index contributed by atoms with van der Waals surface area (Å²) in [5.41, 5.74) is 1.40. The van der Waals surface area contributed by atoms with Crippen LogP contribution < -0.4 is 5.32 Å². The first-order chi connectivity index (χ1) is 10.0. The van der Waals surface area contributed by atoms with Gasteiger partial charge in [0.15, 0.2) is 0 Å². The van der Waals surface area contributed by atoms with Crippen molar-refractivity contribution < 1.29 is 13.5 Å². The molecule has 0 fully saturated rings. The van der Waals surface area contributed by atoms with E-state index in [0.29, 0.717) is 17.9 Å². The summed E-state index contributed by atoms with van der Waals surface area (Å²) in [7, 11) is 1.70. The summed E-state index contributed by atoms with van der Waals surface area (Å²) in [6.45, 7) is 6.45. The first-order valence-corrected chi connectivity index (χ1v) is 7.13. The van der Waals surface area contributed by atoms with Crippen LogP contribution in [-0.4, -0.2) is 19.3 Å². The summed E-state index contributed by atoms with van der Waals surface area (Å²) in [6, 6.07) is 9.03. The Labute approximate surface area is 125 Å². The van der Waals surface area contributed by atoms with Crippen molar-refractivity contribution in [2.75, 3.05) is 7.11 Å². The molecule has 1 aromatic carbocycles. The highest BCUT2D eigenvalue weighted by Gasteiger charge is 2.13. The van der Waals surface area contributed by atoms with Crippen LogP contribution in [-0.2, 0) is 11.3 Å². The maximum Gasteiger partial charge on any atom is 0.134 e. The number of benzene rings is 1. The fourth-order valence-corrected chi connectivity index (χ4v) is 2.12. The number of furan rings is 1. The van der Waals surface area contributed by atoms with E-state index in [4.69, 9.17) is 9.15 Å².